The lowest BCUT2D eigenvalue weighted by Gasteiger charge is -2.20. The van der Waals surface area contributed by atoms with Gasteiger partial charge in [-0.05, 0) is 42.0 Å². The van der Waals surface area contributed by atoms with E-state index in [0.29, 0.717) is 29.9 Å². The zero-order chi connectivity index (χ0) is 22.7. The molecule has 10 heteroatoms. The third kappa shape index (κ3) is 4.86. The van der Waals surface area contributed by atoms with Gasteiger partial charge in [-0.3, -0.25) is 10.1 Å². The number of hydrogen-bond acceptors (Lipinski definition) is 6. The van der Waals surface area contributed by atoms with E-state index < -0.39 is 17.7 Å². The van der Waals surface area contributed by atoms with Gasteiger partial charge in [0.05, 0.1) is 18.4 Å². The SMILES string of the molecule is COc1ccc(-c2csc(NC(=O)/C=C(/c3ccc4c(c3)OCCO4)C(F)(F)F)n2)cc1. The number of benzene rings is 2. The molecule has 3 aromatic rings. The van der Waals surface area contributed by atoms with Crippen LogP contribution in [0.25, 0.3) is 16.8 Å². The number of nitrogens with one attached hydrogen (secondary N) is 1. The van der Waals surface area contributed by atoms with E-state index in [2.05, 4.69) is 10.3 Å². The van der Waals surface area contributed by atoms with E-state index in [4.69, 9.17) is 14.2 Å². The fraction of sp³-hybridized carbons (Fsp3) is 0.182. The highest BCUT2D eigenvalue weighted by Crippen LogP contribution is 2.39. The average Bonchev–Trinajstić information content (AvgIpc) is 3.25. The molecule has 0 fully saturated rings. The van der Waals surface area contributed by atoms with Crippen molar-refractivity contribution < 1.29 is 32.2 Å². The molecule has 0 saturated carbocycles. The maximum Gasteiger partial charge on any atom is 0.417 e. The molecule has 0 atom stereocenters. The molecule has 0 radical (unpaired) electrons. The number of anilines is 1. The molecule has 0 saturated heterocycles. The molecule has 4 rings (SSSR count). The van der Waals surface area contributed by atoms with Crippen LogP contribution in [0.4, 0.5) is 18.3 Å². The third-order valence-electron chi connectivity index (χ3n) is 4.55. The Hall–Kier alpha value is -3.53. The number of halogens is 3. The summed E-state index contributed by atoms with van der Waals surface area (Å²) >= 11 is 1.11. The van der Waals surface area contributed by atoms with Gasteiger partial charge in [-0.2, -0.15) is 13.2 Å². The van der Waals surface area contributed by atoms with E-state index in [9.17, 15) is 18.0 Å². The van der Waals surface area contributed by atoms with Gasteiger partial charge < -0.3 is 14.2 Å². The molecule has 32 heavy (non-hydrogen) atoms. The van der Waals surface area contributed by atoms with Crippen molar-refractivity contribution in [3.63, 3.8) is 0 Å². The zero-order valence-electron chi connectivity index (χ0n) is 16.7. The first-order chi connectivity index (χ1) is 15.3. The van der Waals surface area contributed by atoms with Crippen molar-refractivity contribution >= 4 is 27.9 Å². The molecule has 1 aliphatic rings. The smallest absolute Gasteiger partial charge is 0.417 e. The van der Waals surface area contributed by atoms with Crippen LogP contribution in [0.2, 0.25) is 0 Å². The topological polar surface area (TPSA) is 69.7 Å². The minimum absolute atomic E-state index is 0.181. The standard InChI is InChI=1S/C22H17F3N2O4S/c1-29-15-5-2-13(3-6-15)17-12-32-21(26-17)27-20(28)11-16(22(23,24)25)14-4-7-18-19(10-14)31-9-8-30-18/h2-7,10-12H,8-9H2,1H3,(H,26,27,28)/b16-11-. The molecular weight excluding hydrogens is 445 g/mol. The number of allylic oxidation sites excluding steroid dienone is 1. The molecule has 0 spiro atoms. The molecular formula is C22H17F3N2O4S. The van der Waals surface area contributed by atoms with Gasteiger partial charge >= 0.3 is 6.18 Å². The quantitative estimate of drug-likeness (QED) is 0.530. The number of fused-ring (bicyclic) bond motifs is 1. The number of ether oxygens (including phenoxy) is 3. The van der Waals surface area contributed by atoms with Gasteiger partial charge in [-0.1, -0.05) is 6.07 Å². The van der Waals surface area contributed by atoms with Crippen LogP contribution in [-0.2, 0) is 4.79 Å². The molecule has 2 heterocycles. The normalized spacial score (nSPS) is 13.6. The van der Waals surface area contributed by atoms with Crippen LogP contribution in [0.1, 0.15) is 5.56 Å². The number of aromatic nitrogens is 1. The molecule has 2 aromatic carbocycles. The minimum atomic E-state index is -4.75. The third-order valence-corrected chi connectivity index (χ3v) is 5.31. The first-order valence-electron chi connectivity index (χ1n) is 9.43. The number of nitrogens with zero attached hydrogens (tertiary/aromatic N) is 1. The summed E-state index contributed by atoms with van der Waals surface area (Å²) in [6.07, 6.45) is -4.24. The maximum atomic E-state index is 13.7. The van der Waals surface area contributed by atoms with Crippen LogP contribution in [-0.4, -0.2) is 37.4 Å². The van der Waals surface area contributed by atoms with Crippen LogP contribution in [0.3, 0.4) is 0 Å². The first kappa shape index (κ1) is 21.7. The molecule has 1 N–H and O–H groups in total. The van der Waals surface area contributed by atoms with Crippen LogP contribution in [0, 0.1) is 0 Å². The second-order valence-electron chi connectivity index (χ2n) is 6.67. The van der Waals surface area contributed by atoms with Crippen LogP contribution in [0.15, 0.2) is 53.9 Å². The van der Waals surface area contributed by atoms with Crippen LogP contribution < -0.4 is 19.5 Å². The maximum absolute atomic E-state index is 13.7. The number of carbonyl (C=O) groups excluding carboxylic acids is 1. The number of amides is 1. The van der Waals surface area contributed by atoms with E-state index in [-0.39, 0.29) is 23.1 Å². The summed E-state index contributed by atoms with van der Waals surface area (Å²) in [7, 11) is 1.55. The number of alkyl halides is 3. The van der Waals surface area contributed by atoms with E-state index in [1.807, 2.05) is 0 Å². The lowest BCUT2D eigenvalue weighted by molar-refractivity contribution is -0.112. The number of carbonyl (C=O) groups is 1. The summed E-state index contributed by atoms with van der Waals surface area (Å²) in [6, 6.07) is 11.0. The predicted molar refractivity (Wildman–Crippen MR) is 114 cm³/mol. The minimum Gasteiger partial charge on any atom is -0.497 e. The Kier molecular flexibility index (Phi) is 6.04. The predicted octanol–water partition coefficient (Wildman–Crippen LogP) is 5.17. The molecule has 0 aliphatic carbocycles. The van der Waals surface area contributed by atoms with Gasteiger partial charge in [0, 0.05) is 17.0 Å². The summed E-state index contributed by atoms with van der Waals surface area (Å²) in [5, 5.41) is 4.28. The lowest BCUT2D eigenvalue weighted by atomic mass is 10.0. The van der Waals surface area contributed by atoms with Gasteiger partial charge in [0.15, 0.2) is 16.6 Å². The van der Waals surface area contributed by atoms with E-state index in [0.717, 1.165) is 16.9 Å². The van der Waals surface area contributed by atoms with Crippen molar-refractivity contribution in [2.75, 3.05) is 25.6 Å². The second kappa shape index (κ2) is 8.91. The summed E-state index contributed by atoms with van der Waals surface area (Å²) in [5.41, 5.74) is 0.0685. The van der Waals surface area contributed by atoms with Crippen LogP contribution in [0.5, 0.6) is 17.2 Å². The Labute approximate surface area is 185 Å². The van der Waals surface area contributed by atoms with Crippen molar-refractivity contribution in [3.8, 4) is 28.5 Å². The summed E-state index contributed by atoms with van der Waals surface area (Å²) in [6.45, 7) is 0.561. The largest absolute Gasteiger partial charge is 0.497 e. The van der Waals surface area contributed by atoms with E-state index in [1.165, 1.54) is 18.2 Å². The Balaban J connectivity index is 1.54. The number of rotatable bonds is 5. The number of hydrogen-bond donors (Lipinski definition) is 1. The summed E-state index contributed by atoms with van der Waals surface area (Å²) < 4.78 is 56.8. The van der Waals surface area contributed by atoms with Crippen LogP contribution >= 0.6 is 11.3 Å². The zero-order valence-corrected chi connectivity index (χ0v) is 17.5. The highest BCUT2D eigenvalue weighted by molar-refractivity contribution is 7.14. The fourth-order valence-corrected chi connectivity index (χ4v) is 3.76. The molecule has 166 valence electrons. The molecule has 1 aromatic heterocycles. The van der Waals surface area contributed by atoms with Gasteiger partial charge in [0.1, 0.15) is 19.0 Å². The average molecular weight is 462 g/mol. The first-order valence-corrected chi connectivity index (χ1v) is 10.3. The molecule has 0 unspecified atom stereocenters. The Morgan fingerprint density at radius 1 is 1.12 bits per heavy atom. The van der Waals surface area contributed by atoms with Crippen molar-refractivity contribution in [1.29, 1.82) is 0 Å². The molecule has 1 amide bonds. The van der Waals surface area contributed by atoms with E-state index in [1.54, 1.807) is 36.8 Å². The summed E-state index contributed by atoms with van der Waals surface area (Å²) in [4.78, 5) is 16.6. The highest BCUT2D eigenvalue weighted by atomic mass is 32.1. The van der Waals surface area contributed by atoms with Crippen molar-refractivity contribution in [2.24, 2.45) is 0 Å². The lowest BCUT2D eigenvalue weighted by Crippen LogP contribution is -2.18. The fourth-order valence-electron chi connectivity index (χ4n) is 3.04. The van der Waals surface area contributed by atoms with Gasteiger partial charge in [0.2, 0.25) is 0 Å². The summed E-state index contributed by atoms with van der Waals surface area (Å²) in [5.74, 6) is 0.303. The number of methoxy groups -OCH3 is 1. The highest BCUT2D eigenvalue weighted by Gasteiger charge is 2.36. The Morgan fingerprint density at radius 2 is 1.84 bits per heavy atom. The van der Waals surface area contributed by atoms with Crippen molar-refractivity contribution in [3.05, 3.63) is 59.5 Å². The molecule has 6 nitrogen and oxygen atoms in total. The van der Waals surface area contributed by atoms with Gasteiger partial charge in [-0.25, -0.2) is 4.98 Å². The second-order valence-corrected chi connectivity index (χ2v) is 7.53. The Morgan fingerprint density at radius 3 is 2.53 bits per heavy atom. The van der Waals surface area contributed by atoms with Gasteiger partial charge in [-0.15, -0.1) is 11.3 Å². The molecule has 0 bridgehead atoms. The number of thiazole rings is 1. The van der Waals surface area contributed by atoms with E-state index >= 15 is 0 Å². The monoisotopic (exact) mass is 462 g/mol. The van der Waals surface area contributed by atoms with Crippen molar-refractivity contribution in [2.45, 2.75) is 6.18 Å². The molecule has 1 aliphatic heterocycles. The van der Waals surface area contributed by atoms with Gasteiger partial charge in [0.25, 0.3) is 5.91 Å². The Bertz CT molecular complexity index is 1160. The van der Waals surface area contributed by atoms with Crippen molar-refractivity contribution in [1.82, 2.24) is 4.98 Å².